The maximum Gasteiger partial charge on any atom is 0.326 e. The van der Waals surface area contributed by atoms with Gasteiger partial charge in [0.1, 0.15) is 0 Å². The SMILES string of the molecule is CCOC(=O)Cc1csc(NC(=O)C(C)Sc2cccc(NC(=O)N3c4ccccc4SC4C=CC=CC43)c2)n1. The zero-order valence-corrected chi connectivity index (χ0v) is 24.4. The molecule has 3 unspecified atom stereocenters. The Morgan fingerprint density at radius 1 is 1.10 bits per heavy atom. The van der Waals surface area contributed by atoms with Gasteiger partial charge in [-0.3, -0.25) is 14.5 Å². The number of allylic oxidation sites excluding steroid dienone is 2. The number of carbonyl (C=O) groups excluding carboxylic acids is 3. The number of esters is 1. The summed E-state index contributed by atoms with van der Waals surface area (Å²) >= 11 is 4.41. The van der Waals surface area contributed by atoms with Crippen LogP contribution in [0.3, 0.4) is 0 Å². The fraction of sp³-hybridized carbons (Fsp3) is 0.241. The van der Waals surface area contributed by atoms with Gasteiger partial charge in [0.15, 0.2) is 5.13 Å². The van der Waals surface area contributed by atoms with Gasteiger partial charge in [-0.1, -0.05) is 42.5 Å². The van der Waals surface area contributed by atoms with Crippen LogP contribution < -0.4 is 15.5 Å². The molecule has 0 fully saturated rings. The monoisotopic (exact) mass is 592 g/mol. The number of carbonyl (C=O) groups is 3. The van der Waals surface area contributed by atoms with Crippen LogP contribution in [0.5, 0.6) is 0 Å². The van der Waals surface area contributed by atoms with E-state index >= 15 is 0 Å². The van der Waals surface area contributed by atoms with E-state index in [1.807, 2.05) is 72.5 Å². The van der Waals surface area contributed by atoms with Crippen LogP contribution in [0.1, 0.15) is 19.5 Å². The molecule has 3 amide bonds. The molecule has 2 N–H and O–H groups in total. The summed E-state index contributed by atoms with van der Waals surface area (Å²) in [6, 6.07) is 15.1. The van der Waals surface area contributed by atoms with Crippen molar-refractivity contribution in [1.29, 1.82) is 0 Å². The number of nitrogens with zero attached hydrogens (tertiary/aromatic N) is 2. The summed E-state index contributed by atoms with van der Waals surface area (Å²) in [6.07, 6.45) is 8.25. The van der Waals surface area contributed by atoms with Crippen molar-refractivity contribution in [3.05, 3.63) is 83.9 Å². The molecule has 2 heterocycles. The number of rotatable bonds is 8. The number of aromatic nitrogens is 1. The number of fused-ring (bicyclic) bond motifs is 2. The highest BCUT2D eigenvalue weighted by Gasteiger charge is 2.36. The van der Waals surface area contributed by atoms with E-state index in [0.29, 0.717) is 23.1 Å². The summed E-state index contributed by atoms with van der Waals surface area (Å²) in [7, 11) is 0. The average Bonchev–Trinajstić information content (AvgIpc) is 3.38. The normalized spacial score (nSPS) is 17.9. The van der Waals surface area contributed by atoms with E-state index in [4.69, 9.17) is 4.74 Å². The minimum atomic E-state index is -0.422. The van der Waals surface area contributed by atoms with Crippen molar-refractivity contribution in [3.8, 4) is 0 Å². The molecule has 2 aliphatic rings. The Morgan fingerprint density at radius 3 is 2.77 bits per heavy atom. The predicted octanol–water partition coefficient (Wildman–Crippen LogP) is 6.38. The Bertz CT molecular complexity index is 1470. The Hall–Kier alpha value is -3.54. The predicted molar refractivity (Wildman–Crippen MR) is 162 cm³/mol. The number of thiazole rings is 1. The molecule has 206 valence electrons. The molecule has 8 nitrogen and oxygen atoms in total. The largest absolute Gasteiger partial charge is 0.466 e. The molecule has 1 aromatic heterocycles. The first-order chi connectivity index (χ1) is 19.4. The van der Waals surface area contributed by atoms with Crippen LogP contribution in [0.25, 0.3) is 0 Å². The number of nitrogens with one attached hydrogen (secondary N) is 2. The molecule has 11 heteroatoms. The third-order valence-corrected chi connectivity index (χ3v) is 9.35. The molecule has 40 heavy (non-hydrogen) atoms. The second-order valence-electron chi connectivity index (χ2n) is 9.01. The van der Waals surface area contributed by atoms with Crippen LogP contribution in [0.2, 0.25) is 0 Å². The van der Waals surface area contributed by atoms with Crippen LogP contribution in [-0.2, 0) is 20.7 Å². The third kappa shape index (κ3) is 6.60. The lowest BCUT2D eigenvalue weighted by Crippen LogP contribution is -2.49. The third-order valence-electron chi connectivity index (χ3n) is 6.14. The van der Waals surface area contributed by atoms with Gasteiger partial charge in [-0.15, -0.1) is 34.9 Å². The fourth-order valence-electron chi connectivity index (χ4n) is 4.33. The lowest BCUT2D eigenvalue weighted by atomic mass is 10.1. The molecule has 1 aliphatic carbocycles. The van der Waals surface area contributed by atoms with Gasteiger partial charge in [-0.25, -0.2) is 9.78 Å². The molecule has 0 saturated heterocycles. The van der Waals surface area contributed by atoms with E-state index in [1.54, 1.807) is 24.1 Å². The number of hydrogen-bond acceptors (Lipinski definition) is 8. The molecule has 0 saturated carbocycles. The van der Waals surface area contributed by atoms with Gasteiger partial charge in [0.05, 0.1) is 41.0 Å². The zero-order valence-electron chi connectivity index (χ0n) is 21.9. The van der Waals surface area contributed by atoms with Crippen LogP contribution in [-0.4, -0.2) is 46.0 Å². The van der Waals surface area contributed by atoms with Crippen molar-refractivity contribution >= 4 is 69.3 Å². The average molecular weight is 593 g/mol. The standard InChI is InChI=1S/C29H28N4O4S3/c1-3-37-26(34)16-20-17-38-28(30-20)32-27(35)18(2)39-21-10-8-9-19(15-21)31-29(36)33-22-11-4-6-13-24(22)40-25-14-7-5-12-23(25)33/h4-15,17-18,22,24H,3,16H2,1-2H3,(H,31,36)(H,30,32,35). The van der Waals surface area contributed by atoms with Crippen LogP contribution in [0.4, 0.5) is 21.3 Å². The molecule has 1 aliphatic heterocycles. The van der Waals surface area contributed by atoms with Crippen LogP contribution in [0.15, 0.2) is 88.0 Å². The van der Waals surface area contributed by atoms with Crippen LogP contribution in [0, 0.1) is 0 Å². The second-order valence-corrected chi connectivity index (χ2v) is 12.5. The molecular formula is C29H28N4O4S3. The van der Waals surface area contributed by atoms with Crippen molar-refractivity contribution < 1.29 is 19.1 Å². The molecule has 0 bridgehead atoms. The Balaban J connectivity index is 1.22. The second kappa shape index (κ2) is 12.8. The maximum atomic E-state index is 13.6. The first-order valence-electron chi connectivity index (χ1n) is 12.8. The lowest BCUT2D eigenvalue weighted by Gasteiger charge is -2.40. The minimum Gasteiger partial charge on any atom is -0.466 e. The Kier molecular flexibility index (Phi) is 8.93. The van der Waals surface area contributed by atoms with E-state index in [9.17, 15) is 14.4 Å². The van der Waals surface area contributed by atoms with Gasteiger partial charge in [-0.2, -0.15) is 0 Å². The van der Waals surface area contributed by atoms with Crippen molar-refractivity contribution in [2.75, 3.05) is 22.1 Å². The number of anilines is 3. The Labute approximate surface area is 245 Å². The van der Waals surface area contributed by atoms with E-state index < -0.39 is 5.25 Å². The van der Waals surface area contributed by atoms with E-state index in [0.717, 1.165) is 15.5 Å². The number of para-hydroxylation sites is 1. The van der Waals surface area contributed by atoms with E-state index in [-0.39, 0.29) is 35.6 Å². The molecule has 3 atom stereocenters. The van der Waals surface area contributed by atoms with E-state index in [2.05, 4.69) is 27.8 Å². The van der Waals surface area contributed by atoms with Crippen molar-refractivity contribution in [2.24, 2.45) is 0 Å². The number of benzene rings is 2. The maximum absolute atomic E-state index is 13.6. The molecule has 0 radical (unpaired) electrons. The molecule has 3 aromatic rings. The van der Waals surface area contributed by atoms with Gasteiger partial charge in [0, 0.05) is 20.9 Å². The van der Waals surface area contributed by atoms with Gasteiger partial charge in [0.25, 0.3) is 0 Å². The quantitative estimate of drug-likeness (QED) is 0.231. The number of ether oxygens (including phenoxy) is 1. The van der Waals surface area contributed by atoms with E-state index in [1.165, 1.54) is 23.1 Å². The summed E-state index contributed by atoms with van der Waals surface area (Å²) in [6.45, 7) is 3.87. The summed E-state index contributed by atoms with van der Waals surface area (Å²) < 4.78 is 4.95. The van der Waals surface area contributed by atoms with Gasteiger partial charge < -0.3 is 15.4 Å². The van der Waals surface area contributed by atoms with Gasteiger partial charge in [-0.05, 0) is 44.2 Å². The smallest absolute Gasteiger partial charge is 0.326 e. The summed E-state index contributed by atoms with van der Waals surface area (Å²) in [5.41, 5.74) is 2.09. The minimum absolute atomic E-state index is 0.0687. The lowest BCUT2D eigenvalue weighted by molar-refractivity contribution is -0.142. The first-order valence-corrected chi connectivity index (χ1v) is 15.4. The molecule has 5 rings (SSSR count). The zero-order chi connectivity index (χ0) is 28.1. The number of amides is 3. The number of hydrogen-bond donors (Lipinski definition) is 2. The highest BCUT2D eigenvalue weighted by molar-refractivity contribution is 8.00. The highest BCUT2D eigenvalue weighted by atomic mass is 32.2. The summed E-state index contributed by atoms with van der Waals surface area (Å²) in [5, 5.41) is 7.76. The number of urea groups is 1. The molecule has 2 aromatic carbocycles. The summed E-state index contributed by atoms with van der Waals surface area (Å²) in [4.78, 5) is 46.1. The Morgan fingerprint density at radius 2 is 1.93 bits per heavy atom. The molecular weight excluding hydrogens is 565 g/mol. The van der Waals surface area contributed by atoms with Gasteiger partial charge in [0.2, 0.25) is 5.91 Å². The molecule has 0 spiro atoms. The van der Waals surface area contributed by atoms with Crippen molar-refractivity contribution in [1.82, 2.24) is 4.98 Å². The number of thioether (sulfide) groups is 2. The van der Waals surface area contributed by atoms with Crippen LogP contribution >= 0.6 is 34.9 Å². The van der Waals surface area contributed by atoms with Gasteiger partial charge >= 0.3 is 12.0 Å². The highest BCUT2D eigenvalue weighted by Crippen LogP contribution is 2.43. The fourth-order valence-corrected chi connectivity index (χ4v) is 7.22. The first kappa shape index (κ1) is 28.0. The summed E-state index contributed by atoms with van der Waals surface area (Å²) in [5.74, 6) is -0.557. The topological polar surface area (TPSA) is 101 Å². The van der Waals surface area contributed by atoms with Crippen molar-refractivity contribution in [2.45, 2.75) is 46.6 Å². The van der Waals surface area contributed by atoms with Crippen molar-refractivity contribution in [3.63, 3.8) is 0 Å².